The molecule has 2 aromatic rings. The fourth-order valence-electron chi connectivity index (χ4n) is 7.34. The molecule has 0 saturated carbocycles. The summed E-state index contributed by atoms with van der Waals surface area (Å²) in [6, 6.07) is 12.9. The lowest BCUT2D eigenvalue weighted by molar-refractivity contribution is -0.147. The molecule has 0 radical (unpaired) electrons. The number of aliphatic hydroxyl groups excluding tert-OH is 1. The van der Waals surface area contributed by atoms with Crippen LogP contribution in [0.4, 0.5) is 11.4 Å². The van der Waals surface area contributed by atoms with Gasteiger partial charge in [-0.3, -0.25) is 14.4 Å². The van der Waals surface area contributed by atoms with Crippen LogP contribution in [-0.2, 0) is 19.1 Å². The first-order valence-electron chi connectivity index (χ1n) is 14.3. The first kappa shape index (κ1) is 30.0. The Morgan fingerprint density at radius 1 is 1.10 bits per heavy atom. The van der Waals surface area contributed by atoms with E-state index in [1.165, 1.54) is 4.90 Å². The minimum Gasteiger partial charge on any atom is -0.394 e. The molecule has 5 rings (SSSR count). The summed E-state index contributed by atoms with van der Waals surface area (Å²) in [5.74, 6) is -2.73. The summed E-state index contributed by atoms with van der Waals surface area (Å²) in [6.07, 6.45) is 4.19. The Morgan fingerprint density at radius 3 is 2.38 bits per heavy atom. The summed E-state index contributed by atoms with van der Waals surface area (Å²) in [5.41, 5.74) is -0.203. The number of amides is 3. The van der Waals surface area contributed by atoms with Crippen molar-refractivity contribution in [2.45, 2.75) is 56.9 Å². The van der Waals surface area contributed by atoms with Gasteiger partial charge >= 0.3 is 0 Å². The second-order valence-corrected chi connectivity index (χ2v) is 12.1. The molecule has 0 aliphatic carbocycles. The number of ether oxygens (including phenoxy) is 1. The molecule has 2 bridgehead atoms. The molecule has 3 saturated heterocycles. The Hall–Kier alpha value is -3.46. The van der Waals surface area contributed by atoms with Gasteiger partial charge in [0.15, 0.2) is 0 Å². The second-order valence-electron chi connectivity index (χ2n) is 11.7. The molecular weight excluding hydrogens is 554 g/mol. The minimum atomic E-state index is -1.25. The Kier molecular flexibility index (Phi) is 8.09. The maximum atomic E-state index is 14.7. The van der Waals surface area contributed by atoms with E-state index in [4.69, 9.17) is 16.3 Å². The number of carbonyl (C=O) groups excluding carboxylic acids is 3. The van der Waals surface area contributed by atoms with Crippen LogP contribution in [0.2, 0.25) is 5.02 Å². The van der Waals surface area contributed by atoms with E-state index in [0.717, 1.165) is 5.56 Å². The number of nitrogens with zero attached hydrogens (tertiary/aromatic N) is 3. The third-order valence-corrected chi connectivity index (χ3v) is 9.44. The summed E-state index contributed by atoms with van der Waals surface area (Å²) in [4.78, 5) is 48.2. The molecule has 8 nitrogen and oxygen atoms in total. The number of fused-ring (bicyclic) bond motifs is 1. The molecule has 0 aromatic heterocycles. The summed E-state index contributed by atoms with van der Waals surface area (Å²) in [7, 11) is 0. The Balaban J connectivity index is 1.63. The number of aryl methyl sites for hydroxylation is 1. The number of likely N-dealkylation sites (tertiary alicyclic amines) is 1. The highest BCUT2D eigenvalue weighted by Gasteiger charge is 2.78. The van der Waals surface area contributed by atoms with Crippen molar-refractivity contribution >= 4 is 40.7 Å². The molecule has 9 heteroatoms. The zero-order valence-electron chi connectivity index (χ0n) is 24.3. The standard InChI is InChI=1S/C33H38ClN3O5/c1-6-18-35(23-13-9-8-10-14-23)29(39)25-26-30(40)37(22(4)20-38)28(33(26)17-16-32(25,5)42-33)31(41)36(19-7-2)27-21(3)12-11-15-24(27)34/h6-15,22,25-26,28,38H,1-2,16-20H2,3-5H3/t22-,25+,26+,28?,32-,33?/m1/s1. The first-order chi connectivity index (χ1) is 20.1. The van der Waals surface area contributed by atoms with Gasteiger partial charge in [-0.15, -0.1) is 13.2 Å². The van der Waals surface area contributed by atoms with Gasteiger partial charge in [0.25, 0.3) is 5.91 Å². The van der Waals surface area contributed by atoms with E-state index < -0.39 is 35.1 Å². The number of halogens is 1. The molecule has 6 atom stereocenters. The Bertz CT molecular complexity index is 1400. The normalized spacial score (nSPS) is 28.4. The highest BCUT2D eigenvalue weighted by Crippen LogP contribution is 2.64. The monoisotopic (exact) mass is 591 g/mol. The van der Waals surface area contributed by atoms with Crippen LogP contribution < -0.4 is 9.80 Å². The number of anilines is 2. The first-order valence-corrected chi connectivity index (χ1v) is 14.7. The van der Waals surface area contributed by atoms with Crippen molar-refractivity contribution in [2.75, 3.05) is 29.5 Å². The molecule has 3 aliphatic heterocycles. The summed E-state index contributed by atoms with van der Waals surface area (Å²) >= 11 is 6.63. The van der Waals surface area contributed by atoms with E-state index in [1.54, 1.807) is 34.9 Å². The topological polar surface area (TPSA) is 90.4 Å². The molecule has 222 valence electrons. The zero-order chi connectivity index (χ0) is 30.4. The molecule has 3 heterocycles. The van der Waals surface area contributed by atoms with Crippen LogP contribution in [0.1, 0.15) is 32.3 Å². The number of para-hydroxylation sites is 2. The van der Waals surface area contributed by atoms with E-state index in [1.807, 2.05) is 56.3 Å². The predicted molar refractivity (Wildman–Crippen MR) is 163 cm³/mol. The largest absolute Gasteiger partial charge is 0.394 e. The number of hydrogen-bond donors (Lipinski definition) is 1. The molecule has 3 fully saturated rings. The van der Waals surface area contributed by atoms with Gasteiger partial charge in [-0.05, 0) is 57.4 Å². The van der Waals surface area contributed by atoms with Gasteiger partial charge in [0.05, 0.1) is 40.8 Å². The lowest BCUT2D eigenvalue weighted by Gasteiger charge is -2.39. The molecule has 2 aromatic carbocycles. The summed E-state index contributed by atoms with van der Waals surface area (Å²) < 4.78 is 6.80. The van der Waals surface area contributed by atoms with Crippen LogP contribution in [-0.4, -0.2) is 70.7 Å². The van der Waals surface area contributed by atoms with Crippen molar-refractivity contribution in [3.8, 4) is 0 Å². The van der Waals surface area contributed by atoms with Crippen LogP contribution in [0.3, 0.4) is 0 Å². The van der Waals surface area contributed by atoms with Crippen LogP contribution >= 0.6 is 11.6 Å². The van der Waals surface area contributed by atoms with Gasteiger partial charge in [0, 0.05) is 18.8 Å². The van der Waals surface area contributed by atoms with Gasteiger partial charge in [-0.25, -0.2) is 0 Å². The summed E-state index contributed by atoms with van der Waals surface area (Å²) in [5, 5.41) is 10.6. The van der Waals surface area contributed by atoms with E-state index in [9.17, 15) is 19.5 Å². The third-order valence-electron chi connectivity index (χ3n) is 9.14. The fourth-order valence-corrected chi connectivity index (χ4v) is 7.67. The molecule has 42 heavy (non-hydrogen) atoms. The zero-order valence-corrected chi connectivity index (χ0v) is 25.1. The highest BCUT2D eigenvalue weighted by molar-refractivity contribution is 6.34. The van der Waals surface area contributed by atoms with Crippen molar-refractivity contribution in [3.63, 3.8) is 0 Å². The smallest absolute Gasteiger partial charge is 0.253 e. The van der Waals surface area contributed by atoms with Gasteiger partial charge in [-0.1, -0.05) is 54.1 Å². The lowest BCUT2D eigenvalue weighted by Crippen LogP contribution is -2.58. The third kappa shape index (κ3) is 4.48. The number of rotatable bonds is 10. The molecule has 3 aliphatic rings. The molecule has 1 N–H and O–H groups in total. The average Bonchev–Trinajstić information content (AvgIpc) is 3.55. The summed E-state index contributed by atoms with van der Waals surface area (Å²) in [6.45, 7) is 13.2. The average molecular weight is 592 g/mol. The van der Waals surface area contributed by atoms with Gasteiger partial charge in [0.1, 0.15) is 11.6 Å². The quantitative estimate of drug-likeness (QED) is 0.410. The van der Waals surface area contributed by atoms with Crippen LogP contribution in [0.25, 0.3) is 0 Å². The van der Waals surface area contributed by atoms with Crippen LogP contribution in [0, 0.1) is 18.8 Å². The Morgan fingerprint density at radius 2 is 1.76 bits per heavy atom. The van der Waals surface area contributed by atoms with Crippen molar-refractivity contribution in [3.05, 3.63) is 84.4 Å². The van der Waals surface area contributed by atoms with Crippen LogP contribution in [0.15, 0.2) is 73.8 Å². The van der Waals surface area contributed by atoms with E-state index in [-0.39, 0.29) is 37.4 Å². The van der Waals surface area contributed by atoms with Crippen molar-refractivity contribution in [2.24, 2.45) is 11.8 Å². The predicted octanol–water partition coefficient (Wildman–Crippen LogP) is 4.53. The SMILES string of the molecule is C=CCN(C(=O)[C@@H]1[C@H]2C(=O)N([C@H](C)CO)C(C(=O)N(CC=C)c3c(C)cccc3Cl)C23CC[C@@]1(C)O3)c1ccccc1. The van der Waals surface area contributed by atoms with Crippen molar-refractivity contribution < 1.29 is 24.2 Å². The molecule has 1 spiro atoms. The molecular formula is C33H38ClN3O5. The van der Waals surface area contributed by atoms with Crippen LogP contribution in [0.5, 0.6) is 0 Å². The van der Waals surface area contributed by atoms with E-state index in [2.05, 4.69) is 13.2 Å². The fraction of sp³-hybridized carbons (Fsp3) is 0.424. The maximum Gasteiger partial charge on any atom is 0.253 e. The number of aliphatic hydroxyl groups is 1. The van der Waals surface area contributed by atoms with Gasteiger partial charge in [-0.2, -0.15) is 0 Å². The molecule has 3 amide bonds. The van der Waals surface area contributed by atoms with Crippen molar-refractivity contribution in [1.82, 2.24) is 4.90 Å². The van der Waals surface area contributed by atoms with Crippen molar-refractivity contribution in [1.29, 1.82) is 0 Å². The van der Waals surface area contributed by atoms with E-state index >= 15 is 0 Å². The number of benzene rings is 2. The Labute approximate surface area is 252 Å². The lowest BCUT2D eigenvalue weighted by atomic mass is 9.66. The second kappa shape index (κ2) is 11.3. The van der Waals surface area contributed by atoms with Gasteiger partial charge < -0.3 is 24.5 Å². The minimum absolute atomic E-state index is 0.150. The number of hydrogen-bond acceptors (Lipinski definition) is 5. The highest BCUT2D eigenvalue weighted by atomic mass is 35.5. The number of carbonyl (C=O) groups is 3. The molecule has 2 unspecified atom stereocenters. The van der Waals surface area contributed by atoms with E-state index in [0.29, 0.717) is 29.2 Å². The van der Waals surface area contributed by atoms with Gasteiger partial charge in [0.2, 0.25) is 11.8 Å². The maximum absolute atomic E-state index is 14.7.